The molecule has 4 rings (SSSR count). The standard InChI is InChI=1S/C19H29N5O2/c25-18-9-8-15(13-23(18)12-14-5-2-1-3-6-14)19(26)20-11-17-22-21-16-7-4-10-24(16)17/h14-15H,1-13H2,(H,20,26)/t15-/m1/s1. The van der Waals surface area contributed by atoms with Gasteiger partial charge in [0.1, 0.15) is 5.82 Å². The molecular weight excluding hydrogens is 330 g/mol. The normalized spacial score (nSPS) is 23.9. The van der Waals surface area contributed by atoms with Crippen LogP contribution in [0.15, 0.2) is 0 Å². The summed E-state index contributed by atoms with van der Waals surface area (Å²) in [5.41, 5.74) is 0. The molecule has 7 heteroatoms. The summed E-state index contributed by atoms with van der Waals surface area (Å²) in [4.78, 5) is 26.9. The van der Waals surface area contributed by atoms with Crippen LogP contribution in [0.1, 0.15) is 63.0 Å². The average molecular weight is 359 g/mol. The highest BCUT2D eigenvalue weighted by Crippen LogP contribution is 2.27. The monoisotopic (exact) mass is 359 g/mol. The van der Waals surface area contributed by atoms with Crippen molar-refractivity contribution in [3.63, 3.8) is 0 Å². The van der Waals surface area contributed by atoms with Crippen LogP contribution in [0.3, 0.4) is 0 Å². The fourth-order valence-electron chi connectivity index (χ4n) is 4.64. The Kier molecular flexibility index (Phi) is 5.22. The zero-order valence-electron chi connectivity index (χ0n) is 15.5. The molecule has 1 N–H and O–H groups in total. The fourth-order valence-corrected chi connectivity index (χ4v) is 4.64. The van der Waals surface area contributed by atoms with Crippen molar-refractivity contribution in [2.24, 2.45) is 11.8 Å². The third-order valence-electron chi connectivity index (χ3n) is 6.18. The minimum Gasteiger partial charge on any atom is -0.348 e. The van der Waals surface area contributed by atoms with Crippen LogP contribution < -0.4 is 5.32 Å². The Bertz CT molecular complexity index is 665. The average Bonchev–Trinajstić information content (AvgIpc) is 3.26. The first-order chi connectivity index (χ1) is 12.7. The van der Waals surface area contributed by atoms with Crippen molar-refractivity contribution in [2.45, 2.75) is 70.9 Å². The molecule has 1 saturated heterocycles. The molecule has 0 unspecified atom stereocenters. The number of likely N-dealkylation sites (tertiary alicyclic amines) is 1. The summed E-state index contributed by atoms with van der Waals surface area (Å²) < 4.78 is 2.11. The Morgan fingerprint density at radius 1 is 1.08 bits per heavy atom. The van der Waals surface area contributed by atoms with Crippen molar-refractivity contribution >= 4 is 11.8 Å². The molecule has 1 aliphatic carbocycles. The molecule has 1 saturated carbocycles. The summed E-state index contributed by atoms with van der Waals surface area (Å²) in [6, 6.07) is 0. The van der Waals surface area contributed by atoms with Gasteiger partial charge in [-0.3, -0.25) is 9.59 Å². The molecule has 26 heavy (non-hydrogen) atoms. The van der Waals surface area contributed by atoms with E-state index in [4.69, 9.17) is 0 Å². The van der Waals surface area contributed by atoms with E-state index in [0.29, 0.717) is 31.8 Å². The summed E-state index contributed by atoms with van der Waals surface area (Å²) in [7, 11) is 0. The number of hydrogen-bond donors (Lipinski definition) is 1. The molecule has 3 aliphatic rings. The molecule has 1 aromatic rings. The maximum absolute atomic E-state index is 12.6. The third-order valence-corrected chi connectivity index (χ3v) is 6.18. The lowest BCUT2D eigenvalue weighted by Gasteiger charge is -2.35. The second kappa shape index (κ2) is 7.76. The SMILES string of the molecule is O=C(NCc1nnc2n1CCC2)[C@@H]1CCC(=O)N(CC2CCCCC2)C1. The fraction of sp³-hybridized carbons (Fsp3) is 0.789. The second-order valence-corrected chi connectivity index (χ2v) is 8.04. The number of nitrogens with zero attached hydrogens (tertiary/aromatic N) is 4. The Hall–Kier alpha value is -1.92. The van der Waals surface area contributed by atoms with Crippen LogP contribution in [0, 0.1) is 11.8 Å². The summed E-state index contributed by atoms with van der Waals surface area (Å²) in [5, 5.41) is 11.4. The summed E-state index contributed by atoms with van der Waals surface area (Å²) in [6.07, 6.45) is 9.54. The van der Waals surface area contributed by atoms with Crippen LogP contribution in [-0.4, -0.2) is 44.6 Å². The number of aromatic nitrogens is 3. The molecular formula is C19H29N5O2. The maximum atomic E-state index is 12.6. The predicted molar refractivity (Wildman–Crippen MR) is 96.1 cm³/mol. The molecule has 0 aromatic carbocycles. The Morgan fingerprint density at radius 3 is 2.77 bits per heavy atom. The lowest BCUT2D eigenvalue weighted by atomic mass is 9.87. The molecule has 142 valence electrons. The molecule has 3 heterocycles. The number of nitrogens with one attached hydrogen (secondary N) is 1. The van der Waals surface area contributed by atoms with Crippen LogP contribution in [0.2, 0.25) is 0 Å². The molecule has 0 radical (unpaired) electrons. The van der Waals surface area contributed by atoms with Gasteiger partial charge in [0.05, 0.1) is 12.5 Å². The van der Waals surface area contributed by atoms with Crippen LogP contribution in [0.25, 0.3) is 0 Å². The van der Waals surface area contributed by atoms with E-state index in [1.165, 1.54) is 32.1 Å². The van der Waals surface area contributed by atoms with Gasteiger partial charge in [-0.1, -0.05) is 19.3 Å². The van der Waals surface area contributed by atoms with Crippen molar-refractivity contribution < 1.29 is 9.59 Å². The quantitative estimate of drug-likeness (QED) is 0.867. The number of carbonyl (C=O) groups is 2. The predicted octanol–water partition coefficient (Wildman–Crippen LogP) is 1.66. The van der Waals surface area contributed by atoms with Gasteiger partial charge >= 0.3 is 0 Å². The second-order valence-electron chi connectivity index (χ2n) is 8.04. The zero-order valence-corrected chi connectivity index (χ0v) is 15.5. The summed E-state index contributed by atoms with van der Waals surface area (Å²) >= 11 is 0. The first-order valence-electron chi connectivity index (χ1n) is 10.2. The van der Waals surface area contributed by atoms with Gasteiger partial charge in [0.2, 0.25) is 11.8 Å². The van der Waals surface area contributed by atoms with Gasteiger partial charge < -0.3 is 14.8 Å². The largest absolute Gasteiger partial charge is 0.348 e. The van der Waals surface area contributed by atoms with Crippen molar-refractivity contribution in [1.82, 2.24) is 25.0 Å². The molecule has 0 bridgehead atoms. The summed E-state index contributed by atoms with van der Waals surface area (Å²) in [6.45, 7) is 2.78. The van der Waals surface area contributed by atoms with E-state index in [-0.39, 0.29) is 17.7 Å². The zero-order chi connectivity index (χ0) is 17.9. The number of hydrogen-bond acceptors (Lipinski definition) is 4. The first-order valence-corrected chi connectivity index (χ1v) is 10.2. The van der Waals surface area contributed by atoms with E-state index in [2.05, 4.69) is 20.1 Å². The molecule has 7 nitrogen and oxygen atoms in total. The van der Waals surface area contributed by atoms with E-state index in [1.807, 2.05) is 4.90 Å². The highest BCUT2D eigenvalue weighted by atomic mass is 16.2. The summed E-state index contributed by atoms with van der Waals surface area (Å²) in [5.74, 6) is 2.65. The van der Waals surface area contributed by atoms with E-state index in [9.17, 15) is 9.59 Å². The van der Waals surface area contributed by atoms with Crippen molar-refractivity contribution in [2.75, 3.05) is 13.1 Å². The van der Waals surface area contributed by atoms with Gasteiger partial charge in [0.25, 0.3) is 0 Å². The number of amides is 2. The smallest absolute Gasteiger partial charge is 0.225 e. The topological polar surface area (TPSA) is 80.1 Å². The first kappa shape index (κ1) is 17.5. The molecule has 0 spiro atoms. The lowest BCUT2D eigenvalue weighted by molar-refractivity contribution is -0.139. The third kappa shape index (κ3) is 3.76. The van der Waals surface area contributed by atoms with Gasteiger partial charge in [-0.05, 0) is 31.6 Å². The number of carbonyl (C=O) groups excluding carboxylic acids is 2. The number of piperidine rings is 1. The Balaban J connectivity index is 1.30. The molecule has 1 aromatic heterocycles. The van der Waals surface area contributed by atoms with Crippen molar-refractivity contribution in [3.05, 3.63) is 11.6 Å². The van der Waals surface area contributed by atoms with Gasteiger partial charge in [-0.25, -0.2) is 0 Å². The Labute approximate surface area is 154 Å². The van der Waals surface area contributed by atoms with E-state index in [0.717, 1.165) is 37.6 Å². The van der Waals surface area contributed by atoms with Crippen LogP contribution in [0.4, 0.5) is 0 Å². The van der Waals surface area contributed by atoms with Crippen molar-refractivity contribution in [1.29, 1.82) is 0 Å². The molecule has 1 atom stereocenters. The van der Waals surface area contributed by atoms with E-state index in [1.54, 1.807) is 0 Å². The Morgan fingerprint density at radius 2 is 1.92 bits per heavy atom. The number of rotatable bonds is 5. The highest BCUT2D eigenvalue weighted by Gasteiger charge is 2.32. The molecule has 2 amide bonds. The minimum atomic E-state index is -0.0998. The minimum absolute atomic E-state index is 0.0430. The maximum Gasteiger partial charge on any atom is 0.225 e. The van der Waals surface area contributed by atoms with Crippen LogP contribution in [-0.2, 0) is 29.1 Å². The highest BCUT2D eigenvalue weighted by molar-refractivity contribution is 5.83. The van der Waals surface area contributed by atoms with Gasteiger partial charge in [0.15, 0.2) is 5.82 Å². The van der Waals surface area contributed by atoms with Gasteiger partial charge in [-0.15, -0.1) is 10.2 Å². The van der Waals surface area contributed by atoms with Gasteiger partial charge in [-0.2, -0.15) is 0 Å². The number of aryl methyl sites for hydroxylation is 1. The van der Waals surface area contributed by atoms with Crippen LogP contribution in [0.5, 0.6) is 0 Å². The van der Waals surface area contributed by atoms with Crippen molar-refractivity contribution in [3.8, 4) is 0 Å². The molecule has 2 aliphatic heterocycles. The van der Waals surface area contributed by atoms with E-state index >= 15 is 0 Å². The van der Waals surface area contributed by atoms with Crippen LogP contribution >= 0.6 is 0 Å². The van der Waals surface area contributed by atoms with Gasteiger partial charge in [0, 0.05) is 32.5 Å². The van der Waals surface area contributed by atoms with E-state index < -0.39 is 0 Å². The lowest BCUT2D eigenvalue weighted by Crippen LogP contribution is -2.47. The number of fused-ring (bicyclic) bond motifs is 1. The molecule has 2 fully saturated rings.